The standard InChI is InChI=1S/C24H28Cl2N2O3/c1-15-11-16(2)22(17(3)12-15)27-21(29)14-28(4)23(30)24(7-9-31-10-8-24)19-6-5-18(25)13-20(19)26/h5-6,11-13H,7-10,14H2,1-4H3,(H,27,29). The van der Waals surface area contributed by atoms with E-state index < -0.39 is 5.41 Å². The van der Waals surface area contributed by atoms with Crippen molar-refractivity contribution >= 4 is 40.7 Å². The largest absolute Gasteiger partial charge is 0.381 e. The molecule has 0 atom stereocenters. The molecule has 2 aromatic carbocycles. The Hall–Kier alpha value is -2.08. The highest BCUT2D eigenvalue weighted by atomic mass is 35.5. The molecule has 0 saturated carbocycles. The minimum atomic E-state index is -0.843. The van der Waals surface area contributed by atoms with Gasteiger partial charge in [-0.3, -0.25) is 9.59 Å². The lowest BCUT2D eigenvalue weighted by atomic mass is 9.73. The summed E-state index contributed by atoms with van der Waals surface area (Å²) in [6, 6.07) is 9.25. The molecule has 0 bridgehead atoms. The van der Waals surface area contributed by atoms with Crippen LogP contribution in [0.5, 0.6) is 0 Å². The van der Waals surface area contributed by atoms with Crippen molar-refractivity contribution in [3.63, 3.8) is 0 Å². The third-order valence-corrected chi connectivity index (χ3v) is 6.42. The first-order valence-electron chi connectivity index (χ1n) is 10.3. The number of nitrogens with one attached hydrogen (secondary N) is 1. The third kappa shape index (κ3) is 5.05. The van der Waals surface area contributed by atoms with Gasteiger partial charge in [0.15, 0.2) is 0 Å². The van der Waals surface area contributed by atoms with E-state index in [0.717, 1.165) is 27.9 Å². The number of hydrogen-bond acceptors (Lipinski definition) is 3. The fourth-order valence-electron chi connectivity index (χ4n) is 4.40. The molecule has 1 aliphatic heterocycles. The zero-order chi connectivity index (χ0) is 22.8. The maximum Gasteiger partial charge on any atom is 0.243 e. The summed E-state index contributed by atoms with van der Waals surface area (Å²) < 4.78 is 5.52. The van der Waals surface area contributed by atoms with Crippen LogP contribution in [-0.2, 0) is 19.7 Å². The second-order valence-corrected chi connectivity index (χ2v) is 9.15. The van der Waals surface area contributed by atoms with Crippen molar-refractivity contribution in [2.24, 2.45) is 0 Å². The van der Waals surface area contributed by atoms with E-state index in [4.69, 9.17) is 27.9 Å². The lowest BCUT2D eigenvalue weighted by molar-refractivity contribution is -0.142. The molecule has 1 N–H and O–H groups in total. The molecule has 1 saturated heterocycles. The van der Waals surface area contributed by atoms with Gasteiger partial charge in [-0.1, -0.05) is 47.0 Å². The molecule has 0 unspecified atom stereocenters. The molecule has 2 aromatic rings. The molecular weight excluding hydrogens is 435 g/mol. The highest BCUT2D eigenvalue weighted by molar-refractivity contribution is 6.35. The van der Waals surface area contributed by atoms with E-state index in [1.54, 1.807) is 25.2 Å². The fraction of sp³-hybridized carbons (Fsp3) is 0.417. The van der Waals surface area contributed by atoms with Gasteiger partial charge in [-0.2, -0.15) is 0 Å². The predicted molar refractivity (Wildman–Crippen MR) is 125 cm³/mol. The Bertz CT molecular complexity index is 977. The SMILES string of the molecule is Cc1cc(C)c(NC(=O)CN(C)C(=O)C2(c3ccc(Cl)cc3Cl)CCOCC2)c(C)c1. The van der Waals surface area contributed by atoms with E-state index in [2.05, 4.69) is 5.32 Å². The van der Waals surface area contributed by atoms with E-state index in [0.29, 0.717) is 36.1 Å². The fourth-order valence-corrected chi connectivity index (χ4v) is 4.99. The number of ether oxygens (including phenoxy) is 1. The maximum absolute atomic E-state index is 13.6. The van der Waals surface area contributed by atoms with Gasteiger partial charge in [-0.25, -0.2) is 0 Å². The highest BCUT2D eigenvalue weighted by Crippen LogP contribution is 2.41. The molecule has 5 nitrogen and oxygen atoms in total. The lowest BCUT2D eigenvalue weighted by Crippen LogP contribution is -2.50. The molecule has 0 aromatic heterocycles. The number of amides is 2. The molecule has 1 fully saturated rings. The summed E-state index contributed by atoms with van der Waals surface area (Å²) in [6.07, 6.45) is 0.991. The Kier molecular flexibility index (Phi) is 7.30. The second-order valence-electron chi connectivity index (χ2n) is 8.30. The Labute approximate surface area is 193 Å². The van der Waals surface area contributed by atoms with Crippen LogP contribution in [0.15, 0.2) is 30.3 Å². The number of aryl methyl sites for hydroxylation is 3. The summed E-state index contributed by atoms with van der Waals surface area (Å²) in [7, 11) is 1.65. The number of benzene rings is 2. The van der Waals surface area contributed by atoms with Crippen LogP contribution in [-0.4, -0.2) is 43.5 Å². The van der Waals surface area contributed by atoms with Crippen molar-refractivity contribution in [2.45, 2.75) is 39.0 Å². The quantitative estimate of drug-likeness (QED) is 0.674. The van der Waals surface area contributed by atoms with E-state index in [9.17, 15) is 9.59 Å². The molecule has 0 radical (unpaired) electrons. The third-order valence-electron chi connectivity index (χ3n) is 5.87. The first kappa shape index (κ1) is 23.6. The van der Waals surface area contributed by atoms with Crippen molar-refractivity contribution < 1.29 is 14.3 Å². The average molecular weight is 463 g/mol. The van der Waals surface area contributed by atoms with Crippen LogP contribution >= 0.6 is 23.2 Å². The topological polar surface area (TPSA) is 58.6 Å². The minimum Gasteiger partial charge on any atom is -0.381 e. The first-order valence-corrected chi connectivity index (χ1v) is 11.1. The molecular formula is C24H28Cl2N2O3. The monoisotopic (exact) mass is 462 g/mol. The lowest BCUT2D eigenvalue weighted by Gasteiger charge is -2.39. The van der Waals surface area contributed by atoms with E-state index in [-0.39, 0.29) is 18.4 Å². The van der Waals surface area contributed by atoms with Gasteiger partial charge in [0.25, 0.3) is 0 Å². The van der Waals surface area contributed by atoms with Crippen LogP contribution in [0.4, 0.5) is 5.69 Å². The Morgan fingerprint density at radius 3 is 2.26 bits per heavy atom. The van der Waals surface area contributed by atoms with E-state index in [1.807, 2.05) is 32.9 Å². The van der Waals surface area contributed by atoms with Crippen LogP contribution in [0.25, 0.3) is 0 Å². The van der Waals surface area contributed by atoms with Gasteiger partial charge in [0.2, 0.25) is 11.8 Å². The van der Waals surface area contributed by atoms with Crippen molar-refractivity contribution in [1.29, 1.82) is 0 Å². The van der Waals surface area contributed by atoms with Crippen molar-refractivity contribution in [3.05, 3.63) is 62.6 Å². The van der Waals surface area contributed by atoms with Crippen LogP contribution in [0, 0.1) is 20.8 Å². The van der Waals surface area contributed by atoms with Gasteiger partial charge in [0.05, 0.1) is 12.0 Å². The molecule has 1 aliphatic rings. The van der Waals surface area contributed by atoms with Crippen molar-refractivity contribution in [1.82, 2.24) is 4.90 Å². The number of nitrogens with zero attached hydrogens (tertiary/aromatic N) is 1. The molecule has 3 rings (SSSR count). The summed E-state index contributed by atoms with van der Waals surface area (Å²) in [6.45, 7) is 6.79. The van der Waals surface area contributed by atoms with Crippen LogP contribution in [0.2, 0.25) is 10.0 Å². The molecule has 1 heterocycles. The second kappa shape index (κ2) is 9.60. The van der Waals surface area contributed by atoms with Crippen LogP contribution < -0.4 is 5.32 Å². The maximum atomic E-state index is 13.6. The van der Waals surface area contributed by atoms with Gasteiger partial charge in [0.1, 0.15) is 0 Å². The number of carbonyl (C=O) groups excluding carboxylic acids is 2. The van der Waals surface area contributed by atoms with Gasteiger partial charge in [-0.05, 0) is 62.4 Å². The van der Waals surface area contributed by atoms with Gasteiger partial charge >= 0.3 is 0 Å². The summed E-state index contributed by atoms with van der Waals surface area (Å²) in [4.78, 5) is 27.9. The first-order chi connectivity index (χ1) is 14.6. The Morgan fingerprint density at radius 1 is 1.06 bits per heavy atom. The molecule has 31 heavy (non-hydrogen) atoms. The number of rotatable bonds is 5. The smallest absolute Gasteiger partial charge is 0.243 e. The van der Waals surface area contributed by atoms with Crippen LogP contribution in [0.1, 0.15) is 35.1 Å². The van der Waals surface area contributed by atoms with Crippen molar-refractivity contribution in [2.75, 3.05) is 32.1 Å². The van der Waals surface area contributed by atoms with E-state index >= 15 is 0 Å². The zero-order valence-corrected chi connectivity index (χ0v) is 19.9. The predicted octanol–water partition coefficient (Wildman–Crippen LogP) is 5.06. The van der Waals surface area contributed by atoms with Gasteiger partial charge in [0, 0.05) is 36.0 Å². The molecule has 166 valence electrons. The van der Waals surface area contributed by atoms with Crippen LogP contribution in [0.3, 0.4) is 0 Å². The number of hydrogen-bond donors (Lipinski definition) is 1. The van der Waals surface area contributed by atoms with Gasteiger partial charge in [-0.15, -0.1) is 0 Å². The highest BCUT2D eigenvalue weighted by Gasteiger charge is 2.44. The molecule has 0 aliphatic carbocycles. The minimum absolute atomic E-state index is 0.0561. The number of anilines is 1. The Balaban J connectivity index is 1.81. The normalized spacial score (nSPS) is 15.4. The zero-order valence-electron chi connectivity index (χ0n) is 18.4. The number of halogens is 2. The number of likely N-dealkylation sites (N-methyl/N-ethyl adjacent to an activating group) is 1. The van der Waals surface area contributed by atoms with Gasteiger partial charge < -0.3 is 15.0 Å². The molecule has 2 amide bonds. The summed E-state index contributed by atoms with van der Waals surface area (Å²) >= 11 is 12.6. The number of carbonyl (C=O) groups is 2. The average Bonchev–Trinajstić information content (AvgIpc) is 2.70. The van der Waals surface area contributed by atoms with Crippen molar-refractivity contribution in [3.8, 4) is 0 Å². The summed E-state index contributed by atoms with van der Waals surface area (Å²) in [5.74, 6) is -0.386. The molecule has 7 heteroatoms. The summed E-state index contributed by atoms with van der Waals surface area (Å²) in [5, 5.41) is 3.93. The van der Waals surface area contributed by atoms with E-state index in [1.165, 1.54) is 4.90 Å². The summed E-state index contributed by atoms with van der Waals surface area (Å²) in [5.41, 5.74) is 3.80. The Morgan fingerprint density at radius 2 is 1.68 bits per heavy atom. The molecule has 0 spiro atoms.